The van der Waals surface area contributed by atoms with Gasteiger partial charge in [0, 0.05) is 46.3 Å². The van der Waals surface area contributed by atoms with E-state index in [1.54, 1.807) is 0 Å². The first-order valence-electron chi connectivity index (χ1n) is 7.44. The van der Waals surface area contributed by atoms with Crippen molar-refractivity contribution in [1.29, 1.82) is 0 Å². The minimum Gasteiger partial charge on any atom is -0.347 e. The summed E-state index contributed by atoms with van der Waals surface area (Å²) < 4.78 is 0. The van der Waals surface area contributed by atoms with E-state index in [9.17, 15) is 0 Å². The molecule has 0 aromatic carbocycles. The normalized spacial score (nSPS) is 17.7. The van der Waals surface area contributed by atoms with Crippen LogP contribution in [-0.2, 0) is 0 Å². The van der Waals surface area contributed by atoms with E-state index < -0.39 is 0 Å². The predicted octanol–water partition coefficient (Wildman–Crippen LogP) is 0.144. The Morgan fingerprint density at radius 3 is 2.38 bits per heavy atom. The number of nitrogen functional groups attached to an aromatic ring is 1. The second kappa shape index (κ2) is 6.86. The fraction of sp³-hybridized carbons (Fsp3) is 0.769. The van der Waals surface area contributed by atoms with E-state index in [0.29, 0.717) is 23.9 Å². The van der Waals surface area contributed by atoms with Crippen LogP contribution in [0.3, 0.4) is 0 Å². The summed E-state index contributed by atoms with van der Waals surface area (Å²) in [5.74, 6) is 7.14. The van der Waals surface area contributed by atoms with Gasteiger partial charge in [-0.15, -0.1) is 0 Å². The minimum absolute atomic E-state index is 0.396. The second-order valence-corrected chi connectivity index (χ2v) is 5.58. The average Bonchev–Trinajstić information content (AvgIpc) is 2.53. The molecule has 1 aliphatic rings. The molecule has 1 aliphatic heterocycles. The van der Waals surface area contributed by atoms with Gasteiger partial charge >= 0.3 is 0 Å². The predicted molar refractivity (Wildman–Crippen MR) is 85.5 cm³/mol. The van der Waals surface area contributed by atoms with Crippen molar-refractivity contribution in [3.05, 3.63) is 0 Å². The summed E-state index contributed by atoms with van der Waals surface area (Å²) in [6.07, 6.45) is 1.18. The van der Waals surface area contributed by atoms with Crippen LogP contribution in [0.25, 0.3) is 0 Å². The smallest absolute Gasteiger partial charge is 0.243 e. The monoisotopic (exact) mass is 294 g/mol. The van der Waals surface area contributed by atoms with Crippen LogP contribution in [0, 0.1) is 0 Å². The summed E-state index contributed by atoms with van der Waals surface area (Å²) in [6.45, 7) is 8.41. The maximum absolute atomic E-state index is 5.45. The average molecular weight is 294 g/mol. The summed E-state index contributed by atoms with van der Waals surface area (Å²) in [7, 11) is 3.81. The van der Waals surface area contributed by atoms with Crippen molar-refractivity contribution in [2.24, 2.45) is 5.84 Å². The Morgan fingerprint density at radius 2 is 1.86 bits per heavy atom. The molecule has 0 saturated carbocycles. The molecule has 21 heavy (non-hydrogen) atoms. The molecule has 8 heteroatoms. The van der Waals surface area contributed by atoms with Gasteiger partial charge in [-0.25, -0.2) is 5.84 Å². The Hall–Kier alpha value is -1.67. The standard InChI is InChI=1S/C13H26N8/c1-5-10(2)20-6-8-21(9-7-20)13-16-11(18-14)15-12(17-13)19(3)4/h10H,5-9,14H2,1-4H3,(H,15,16,17,18). The van der Waals surface area contributed by atoms with Crippen LogP contribution in [0.4, 0.5) is 17.8 Å². The molecule has 1 atom stereocenters. The van der Waals surface area contributed by atoms with Crippen LogP contribution >= 0.6 is 0 Å². The van der Waals surface area contributed by atoms with Crippen LogP contribution in [0.5, 0.6) is 0 Å². The Balaban J connectivity index is 2.10. The van der Waals surface area contributed by atoms with E-state index in [2.05, 4.69) is 44.0 Å². The summed E-state index contributed by atoms with van der Waals surface area (Å²) in [5, 5.41) is 0. The van der Waals surface area contributed by atoms with Gasteiger partial charge < -0.3 is 9.80 Å². The first-order chi connectivity index (χ1) is 10.0. The van der Waals surface area contributed by atoms with Crippen molar-refractivity contribution in [1.82, 2.24) is 19.9 Å². The van der Waals surface area contributed by atoms with Gasteiger partial charge in [-0.1, -0.05) is 6.92 Å². The lowest BCUT2D eigenvalue weighted by molar-refractivity contribution is 0.192. The van der Waals surface area contributed by atoms with Crippen molar-refractivity contribution in [3.63, 3.8) is 0 Å². The van der Waals surface area contributed by atoms with Crippen LogP contribution < -0.4 is 21.1 Å². The van der Waals surface area contributed by atoms with E-state index in [-0.39, 0.29) is 0 Å². The molecule has 8 nitrogen and oxygen atoms in total. The van der Waals surface area contributed by atoms with Crippen molar-refractivity contribution >= 4 is 17.8 Å². The van der Waals surface area contributed by atoms with Gasteiger partial charge in [-0.05, 0) is 13.3 Å². The lowest BCUT2D eigenvalue weighted by Gasteiger charge is -2.37. The molecule has 1 unspecified atom stereocenters. The topological polar surface area (TPSA) is 86.4 Å². The van der Waals surface area contributed by atoms with E-state index in [1.807, 2.05) is 19.0 Å². The molecular weight excluding hydrogens is 268 g/mol. The molecule has 3 N–H and O–H groups in total. The van der Waals surface area contributed by atoms with Crippen LogP contribution in [-0.4, -0.2) is 66.2 Å². The van der Waals surface area contributed by atoms with E-state index in [4.69, 9.17) is 5.84 Å². The second-order valence-electron chi connectivity index (χ2n) is 5.58. The number of piperazine rings is 1. The summed E-state index contributed by atoms with van der Waals surface area (Å²) >= 11 is 0. The van der Waals surface area contributed by atoms with E-state index >= 15 is 0 Å². The highest BCUT2D eigenvalue weighted by Gasteiger charge is 2.22. The summed E-state index contributed by atoms with van der Waals surface area (Å²) in [4.78, 5) is 19.7. The SMILES string of the molecule is CCC(C)N1CCN(c2nc(NN)nc(N(C)C)n2)CC1. The third-order valence-corrected chi connectivity index (χ3v) is 3.95. The molecule has 1 saturated heterocycles. The molecular formula is C13H26N8. The zero-order valence-corrected chi connectivity index (χ0v) is 13.4. The molecule has 0 amide bonds. The molecule has 1 aromatic heterocycles. The van der Waals surface area contributed by atoms with Gasteiger partial charge in [0.1, 0.15) is 0 Å². The lowest BCUT2D eigenvalue weighted by atomic mass is 10.2. The molecule has 0 radical (unpaired) electrons. The zero-order chi connectivity index (χ0) is 15.4. The molecule has 0 aliphatic carbocycles. The zero-order valence-electron chi connectivity index (χ0n) is 13.4. The quantitative estimate of drug-likeness (QED) is 0.586. The van der Waals surface area contributed by atoms with Crippen molar-refractivity contribution < 1.29 is 0 Å². The Bertz CT molecular complexity index is 455. The minimum atomic E-state index is 0.396. The van der Waals surface area contributed by atoms with Crippen molar-refractivity contribution in [3.8, 4) is 0 Å². The first kappa shape index (κ1) is 15.7. The van der Waals surface area contributed by atoms with E-state index in [0.717, 1.165) is 26.2 Å². The molecule has 2 rings (SSSR count). The number of aromatic nitrogens is 3. The number of nitrogens with two attached hydrogens (primary N) is 1. The molecule has 1 fully saturated rings. The Kier molecular flexibility index (Phi) is 5.13. The van der Waals surface area contributed by atoms with Crippen molar-refractivity contribution in [2.45, 2.75) is 26.3 Å². The van der Waals surface area contributed by atoms with E-state index in [1.165, 1.54) is 6.42 Å². The number of nitrogens with one attached hydrogen (secondary N) is 1. The Labute approximate surface area is 126 Å². The molecule has 0 bridgehead atoms. The fourth-order valence-electron chi connectivity index (χ4n) is 2.38. The third kappa shape index (κ3) is 3.70. The molecule has 0 spiro atoms. The maximum Gasteiger partial charge on any atom is 0.243 e. The van der Waals surface area contributed by atoms with Gasteiger partial charge in [0.15, 0.2) is 0 Å². The first-order valence-corrected chi connectivity index (χ1v) is 7.44. The molecule has 1 aromatic rings. The number of rotatable bonds is 5. The van der Waals surface area contributed by atoms with Gasteiger partial charge in [0.2, 0.25) is 17.8 Å². The summed E-state index contributed by atoms with van der Waals surface area (Å²) in [6, 6.07) is 0.629. The highest BCUT2D eigenvalue weighted by molar-refractivity contribution is 5.44. The number of hydrazine groups is 1. The number of hydrogen-bond acceptors (Lipinski definition) is 8. The van der Waals surface area contributed by atoms with Crippen LogP contribution in [0.2, 0.25) is 0 Å². The largest absolute Gasteiger partial charge is 0.347 e. The molecule has 2 heterocycles. The third-order valence-electron chi connectivity index (χ3n) is 3.95. The summed E-state index contributed by atoms with van der Waals surface area (Å²) in [5.41, 5.74) is 2.51. The van der Waals surface area contributed by atoms with Gasteiger partial charge in [0.05, 0.1) is 0 Å². The number of anilines is 3. The number of nitrogens with zero attached hydrogens (tertiary/aromatic N) is 6. The lowest BCUT2D eigenvalue weighted by Crippen LogP contribution is -2.50. The number of hydrogen-bond donors (Lipinski definition) is 2. The van der Waals surface area contributed by atoms with Gasteiger partial charge in [-0.3, -0.25) is 10.3 Å². The van der Waals surface area contributed by atoms with Gasteiger partial charge in [-0.2, -0.15) is 15.0 Å². The Morgan fingerprint density at radius 1 is 1.19 bits per heavy atom. The highest BCUT2D eigenvalue weighted by Crippen LogP contribution is 2.17. The highest BCUT2D eigenvalue weighted by atomic mass is 15.4. The van der Waals surface area contributed by atoms with Crippen LogP contribution in [0.15, 0.2) is 0 Å². The maximum atomic E-state index is 5.45. The van der Waals surface area contributed by atoms with Crippen molar-refractivity contribution in [2.75, 3.05) is 55.5 Å². The molecule has 118 valence electrons. The van der Waals surface area contributed by atoms with Gasteiger partial charge in [0.25, 0.3) is 0 Å². The fourth-order valence-corrected chi connectivity index (χ4v) is 2.38. The van der Waals surface area contributed by atoms with Crippen LogP contribution in [0.1, 0.15) is 20.3 Å².